The summed E-state index contributed by atoms with van der Waals surface area (Å²) in [5, 5.41) is 3.06. The second-order valence-corrected chi connectivity index (χ2v) is 6.54. The molecule has 2 unspecified atom stereocenters. The number of para-hydroxylation sites is 2. The molecule has 1 aromatic carbocycles. The standard InChI is InChI=1S/C15H16ClN3S/c1-10(15-17-7-8-20-15)9-19-13-6-4-3-5-12(13)18-14(19)11(2)16/h3-8,10-11H,9H2,1-2H3. The van der Waals surface area contributed by atoms with Gasteiger partial charge in [-0.05, 0) is 19.1 Å². The fourth-order valence-electron chi connectivity index (χ4n) is 2.42. The van der Waals surface area contributed by atoms with Crippen LogP contribution in [0.5, 0.6) is 0 Å². The number of benzene rings is 1. The lowest BCUT2D eigenvalue weighted by atomic mass is 10.2. The SMILES string of the molecule is CC(Cl)c1nc2ccccc2n1CC(C)c1nccs1. The summed E-state index contributed by atoms with van der Waals surface area (Å²) in [6, 6.07) is 8.17. The Labute approximate surface area is 127 Å². The van der Waals surface area contributed by atoms with E-state index in [2.05, 4.69) is 27.5 Å². The molecule has 0 spiro atoms. The summed E-state index contributed by atoms with van der Waals surface area (Å²) in [6.07, 6.45) is 1.85. The third kappa shape index (κ3) is 2.45. The van der Waals surface area contributed by atoms with Gasteiger partial charge in [-0.2, -0.15) is 0 Å². The number of thiazole rings is 1. The van der Waals surface area contributed by atoms with E-state index in [4.69, 9.17) is 11.6 Å². The maximum absolute atomic E-state index is 6.29. The van der Waals surface area contributed by atoms with E-state index in [1.54, 1.807) is 11.3 Å². The van der Waals surface area contributed by atoms with Gasteiger partial charge in [0, 0.05) is 24.0 Å². The zero-order chi connectivity index (χ0) is 14.1. The van der Waals surface area contributed by atoms with Gasteiger partial charge in [0.05, 0.1) is 21.4 Å². The number of rotatable bonds is 4. The van der Waals surface area contributed by atoms with E-state index in [9.17, 15) is 0 Å². The van der Waals surface area contributed by atoms with Gasteiger partial charge in [-0.1, -0.05) is 19.1 Å². The lowest BCUT2D eigenvalue weighted by molar-refractivity contribution is 0.583. The van der Waals surface area contributed by atoms with Crippen molar-refractivity contribution in [3.8, 4) is 0 Å². The van der Waals surface area contributed by atoms with Gasteiger partial charge >= 0.3 is 0 Å². The number of hydrogen-bond donors (Lipinski definition) is 0. The second kappa shape index (κ2) is 5.54. The molecule has 3 nitrogen and oxygen atoms in total. The van der Waals surface area contributed by atoms with Crippen LogP contribution in [0.15, 0.2) is 35.8 Å². The van der Waals surface area contributed by atoms with Gasteiger partial charge in [0.1, 0.15) is 5.82 Å². The molecule has 0 radical (unpaired) electrons. The Morgan fingerprint density at radius 3 is 2.80 bits per heavy atom. The first-order chi connectivity index (χ1) is 9.66. The zero-order valence-corrected chi connectivity index (χ0v) is 13.0. The third-order valence-corrected chi connectivity index (χ3v) is 4.57. The molecule has 0 saturated carbocycles. The second-order valence-electron chi connectivity index (χ2n) is 4.96. The smallest absolute Gasteiger partial charge is 0.127 e. The highest BCUT2D eigenvalue weighted by Gasteiger charge is 2.18. The van der Waals surface area contributed by atoms with E-state index in [0.29, 0.717) is 5.92 Å². The highest BCUT2D eigenvalue weighted by Crippen LogP contribution is 2.28. The number of halogens is 1. The average Bonchev–Trinajstić information content (AvgIpc) is 3.06. The summed E-state index contributed by atoms with van der Waals surface area (Å²) in [6.45, 7) is 5.00. The molecule has 20 heavy (non-hydrogen) atoms. The van der Waals surface area contributed by atoms with Crippen molar-refractivity contribution in [1.82, 2.24) is 14.5 Å². The molecule has 0 aliphatic rings. The van der Waals surface area contributed by atoms with Crippen LogP contribution in [0.1, 0.15) is 36.0 Å². The first kappa shape index (κ1) is 13.6. The van der Waals surface area contributed by atoms with Gasteiger partial charge < -0.3 is 4.57 Å². The molecule has 0 aliphatic carbocycles. The maximum Gasteiger partial charge on any atom is 0.127 e. The van der Waals surface area contributed by atoms with E-state index in [0.717, 1.165) is 28.4 Å². The monoisotopic (exact) mass is 305 g/mol. The van der Waals surface area contributed by atoms with E-state index in [1.165, 1.54) is 0 Å². The molecule has 3 aromatic rings. The Morgan fingerprint density at radius 1 is 1.30 bits per heavy atom. The Bertz CT molecular complexity index is 703. The van der Waals surface area contributed by atoms with E-state index < -0.39 is 0 Å². The average molecular weight is 306 g/mol. The molecule has 2 aromatic heterocycles. The van der Waals surface area contributed by atoms with E-state index in [1.807, 2.05) is 36.7 Å². The predicted octanol–water partition coefficient (Wildman–Crippen LogP) is 4.60. The van der Waals surface area contributed by atoms with Gasteiger partial charge in [0.25, 0.3) is 0 Å². The number of aromatic nitrogens is 3. The molecule has 0 amide bonds. The maximum atomic E-state index is 6.29. The van der Waals surface area contributed by atoms with Crippen molar-refractivity contribution in [2.45, 2.75) is 31.7 Å². The van der Waals surface area contributed by atoms with Crippen LogP contribution in [-0.4, -0.2) is 14.5 Å². The normalized spacial score (nSPS) is 14.6. The van der Waals surface area contributed by atoms with Gasteiger partial charge in [0.2, 0.25) is 0 Å². The molecule has 0 aliphatic heterocycles. The topological polar surface area (TPSA) is 30.7 Å². The predicted molar refractivity (Wildman–Crippen MR) is 84.5 cm³/mol. The minimum absolute atomic E-state index is 0.106. The van der Waals surface area contributed by atoms with Crippen LogP contribution >= 0.6 is 22.9 Å². The van der Waals surface area contributed by atoms with Gasteiger partial charge in [0.15, 0.2) is 0 Å². The number of fused-ring (bicyclic) bond motifs is 1. The number of nitrogens with zero attached hydrogens (tertiary/aromatic N) is 3. The Morgan fingerprint density at radius 2 is 2.10 bits per heavy atom. The molecule has 5 heteroatoms. The van der Waals surface area contributed by atoms with Crippen molar-refractivity contribution >= 4 is 34.0 Å². The summed E-state index contributed by atoms with van der Waals surface area (Å²) < 4.78 is 2.22. The Kier molecular flexibility index (Phi) is 3.76. The van der Waals surface area contributed by atoms with E-state index >= 15 is 0 Å². The van der Waals surface area contributed by atoms with Crippen LogP contribution in [0.3, 0.4) is 0 Å². The minimum Gasteiger partial charge on any atom is -0.326 e. The molecule has 0 fully saturated rings. The van der Waals surface area contributed by atoms with Gasteiger partial charge in [-0.15, -0.1) is 22.9 Å². The fourth-order valence-corrected chi connectivity index (χ4v) is 3.28. The number of hydrogen-bond acceptors (Lipinski definition) is 3. The van der Waals surface area contributed by atoms with Crippen LogP contribution in [0.4, 0.5) is 0 Å². The highest BCUT2D eigenvalue weighted by atomic mass is 35.5. The van der Waals surface area contributed by atoms with Crippen molar-refractivity contribution in [2.75, 3.05) is 0 Å². The molecule has 2 atom stereocenters. The molecule has 0 bridgehead atoms. The molecule has 3 rings (SSSR count). The lowest BCUT2D eigenvalue weighted by Crippen LogP contribution is -2.10. The minimum atomic E-state index is -0.106. The van der Waals surface area contributed by atoms with Crippen molar-refractivity contribution < 1.29 is 0 Å². The van der Waals surface area contributed by atoms with Crippen molar-refractivity contribution in [3.05, 3.63) is 46.7 Å². The summed E-state index contributed by atoms with van der Waals surface area (Å²) in [7, 11) is 0. The summed E-state index contributed by atoms with van der Waals surface area (Å²) >= 11 is 7.99. The molecule has 2 heterocycles. The quantitative estimate of drug-likeness (QED) is 0.660. The molecule has 0 N–H and O–H groups in total. The Hall–Kier alpha value is -1.39. The number of alkyl halides is 1. The van der Waals surface area contributed by atoms with Crippen LogP contribution in [0.25, 0.3) is 11.0 Å². The molecule has 104 valence electrons. The van der Waals surface area contributed by atoms with Crippen molar-refractivity contribution in [3.63, 3.8) is 0 Å². The van der Waals surface area contributed by atoms with Crippen LogP contribution < -0.4 is 0 Å². The highest BCUT2D eigenvalue weighted by molar-refractivity contribution is 7.09. The molecule has 0 saturated heterocycles. The van der Waals surface area contributed by atoms with E-state index in [-0.39, 0.29) is 5.38 Å². The Balaban J connectivity index is 2.03. The van der Waals surface area contributed by atoms with Crippen molar-refractivity contribution in [1.29, 1.82) is 0 Å². The van der Waals surface area contributed by atoms with Crippen molar-refractivity contribution in [2.24, 2.45) is 0 Å². The first-order valence-corrected chi connectivity index (χ1v) is 7.97. The largest absolute Gasteiger partial charge is 0.326 e. The first-order valence-electron chi connectivity index (χ1n) is 6.65. The van der Waals surface area contributed by atoms with Gasteiger partial charge in [-0.25, -0.2) is 9.97 Å². The summed E-state index contributed by atoms with van der Waals surface area (Å²) in [4.78, 5) is 9.06. The van der Waals surface area contributed by atoms with Crippen LogP contribution in [-0.2, 0) is 6.54 Å². The molecular formula is C15H16ClN3S. The molecular weight excluding hydrogens is 290 g/mol. The van der Waals surface area contributed by atoms with Crippen LogP contribution in [0.2, 0.25) is 0 Å². The lowest BCUT2D eigenvalue weighted by Gasteiger charge is -2.14. The summed E-state index contributed by atoms with van der Waals surface area (Å²) in [5.74, 6) is 1.28. The number of imidazole rings is 1. The fraction of sp³-hybridized carbons (Fsp3) is 0.333. The third-order valence-electron chi connectivity index (χ3n) is 3.37. The summed E-state index contributed by atoms with van der Waals surface area (Å²) in [5.41, 5.74) is 2.14. The zero-order valence-electron chi connectivity index (χ0n) is 11.5. The van der Waals surface area contributed by atoms with Crippen LogP contribution in [0, 0.1) is 0 Å². The van der Waals surface area contributed by atoms with Gasteiger partial charge in [-0.3, -0.25) is 0 Å².